The number of benzene rings is 1. The summed E-state index contributed by atoms with van der Waals surface area (Å²) < 4.78 is 30.8. The average molecular weight is 273 g/mol. The maximum Gasteiger partial charge on any atom is 0.243 e. The second-order valence-electron chi connectivity index (χ2n) is 4.16. The number of rotatable bonds is 6. The Bertz CT molecular complexity index is 467. The van der Waals surface area contributed by atoms with Gasteiger partial charge in [0.05, 0.1) is 11.5 Å². The number of hydrogen-bond acceptors (Lipinski definition) is 4. The van der Waals surface area contributed by atoms with E-state index in [1.165, 1.54) is 16.4 Å². The van der Waals surface area contributed by atoms with Crippen LogP contribution in [0.25, 0.3) is 0 Å². The van der Waals surface area contributed by atoms with Gasteiger partial charge in [-0.2, -0.15) is 4.31 Å². The predicted molar refractivity (Wildman–Crippen MR) is 69.1 cm³/mol. The molecule has 0 heterocycles. The van der Waals surface area contributed by atoms with Gasteiger partial charge in [0, 0.05) is 13.1 Å². The Balaban J connectivity index is 2.91. The molecule has 0 unspecified atom stereocenters. The van der Waals surface area contributed by atoms with Gasteiger partial charge in [-0.3, -0.25) is 0 Å². The van der Waals surface area contributed by atoms with Crippen molar-refractivity contribution in [3.8, 4) is 5.75 Å². The summed E-state index contributed by atoms with van der Waals surface area (Å²) >= 11 is 0. The minimum absolute atomic E-state index is 0.0733. The van der Waals surface area contributed by atoms with Gasteiger partial charge in [-0.15, -0.1) is 0 Å². The molecule has 0 aliphatic carbocycles. The normalized spacial score (nSPS) is 12.1. The number of sulfonamides is 1. The number of aliphatic hydroxyl groups is 1. The van der Waals surface area contributed by atoms with E-state index >= 15 is 0 Å². The smallest absolute Gasteiger partial charge is 0.243 e. The van der Waals surface area contributed by atoms with E-state index in [1.807, 2.05) is 13.8 Å². The van der Waals surface area contributed by atoms with Crippen molar-refractivity contribution in [2.75, 3.05) is 20.3 Å². The quantitative estimate of drug-likeness (QED) is 0.842. The summed E-state index contributed by atoms with van der Waals surface area (Å²) in [4.78, 5) is 0.232. The third-order valence-corrected chi connectivity index (χ3v) is 4.64. The minimum atomic E-state index is -3.45. The summed E-state index contributed by atoms with van der Waals surface area (Å²) in [6.07, 6.45) is 0. The van der Waals surface area contributed by atoms with Crippen LogP contribution in [0.4, 0.5) is 0 Å². The van der Waals surface area contributed by atoms with Gasteiger partial charge >= 0.3 is 0 Å². The monoisotopic (exact) mass is 273 g/mol. The van der Waals surface area contributed by atoms with Crippen molar-refractivity contribution in [1.29, 1.82) is 0 Å². The largest absolute Gasteiger partial charge is 0.491 e. The molecule has 0 atom stereocenters. The predicted octanol–water partition coefficient (Wildman–Crippen LogP) is 1.09. The van der Waals surface area contributed by atoms with E-state index in [-0.39, 0.29) is 24.2 Å². The van der Waals surface area contributed by atoms with Gasteiger partial charge in [0.15, 0.2) is 0 Å². The zero-order valence-corrected chi connectivity index (χ0v) is 11.6. The maximum atomic E-state index is 12.1. The Labute approximate surface area is 108 Å². The first-order chi connectivity index (χ1) is 8.39. The molecule has 6 heteroatoms. The van der Waals surface area contributed by atoms with Crippen LogP contribution >= 0.6 is 0 Å². The van der Waals surface area contributed by atoms with Crippen molar-refractivity contribution in [3.05, 3.63) is 24.3 Å². The molecule has 0 aliphatic rings. The van der Waals surface area contributed by atoms with Crippen molar-refractivity contribution in [2.45, 2.75) is 24.8 Å². The van der Waals surface area contributed by atoms with Crippen LogP contribution in [0.2, 0.25) is 0 Å². The molecule has 18 heavy (non-hydrogen) atoms. The van der Waals surface area contributed by atoms with Crippen LogP contribution in [0.5, 0.6) is 5.75 Å². The van der Waals surface area contributed by atoms with Crippen LogP contribution in [0.1, 0.15) is 13.8 Å². The molecular weight excluding hydrogens is 254 g/mol. The van der Waals surface area contributed by atoms with Gasteiger partial charge in [-0.05, 0) is 38.1 Å². The van der Waals surface area contributed by atoms with Crippen LogP contribution in [0, 0.1) is 0 Å². The highest BCUT2D eigenvalue weighted by atomic mass is 32.2. The number of aliphatic hydroxyl groups excluding tert-OH is 1. The maximum absolute atomic E-state index is 12.1. The fraction of sp³-hybridized carbons (Fsp3) is 0.500. The summed E-state index contributed by atoms with van der Waals surface area (Å²) in [6.45, 7) is 3.75. The van der Waals surface area contributed by atoms with Crippen molar-refractivity contribution < 1.29 is 18.3 Å². The molecule has 0 aromatic heterocycles. The molecule has 1 rings (SSSR count). The number of hydrogen-bond donors (Lipinski definition) is 1. The Hall–Kier alpha value is -1.11. The Morgan fingerprint density at radius 2 is 1.83 bits per heavy atom. The lowest BCUT2D eigenvalue weighted by atomic mass is 10.3. The van der Waals surface area contributed by atoms with Gasteiger partial charge in [0.25, 0.3) is 0 Å². The Morgan fingerprint density at radius 1 is 1.28 bits per heavy atom. The molecule has 0 fully saturated rings. The molecule has 0 spiro atoms. The SMILES string of the molecule is CC(C)N(C)S(=O)(=O)c1ccc(OCCO)cc1. The van der Waals surface area contributed by atoms with Gasteiger partial charge in [0.2, 0.25) is 10.0 Å². The first-order valence-electron chi connectivity index (χ1n) is 5.71. The summed E-state index contributed by atoms with van der Waals surface area (Å²) in [5, 5.41) is 8.62. The molecule has 102 valence electrons. The summed E-state index contributed by atoms with van der Waals surface area (Å²) in [5.41, 5.74) is 0. The van der Waals surface area contributed by atoms with E-state index in [9.17, 15) is 8.42 Å². The molecule has 0 aliphatic heterocycles. The van der Waals surface area contributed by atoms with Crippen LogP contribution in [-0.2, 0) is 10.0 Å². The fourth-order valence-electron chi connectivity index (χ4n) is 1.32. The van der Waals surface area contributed by atoms with Gasteiger partial charge in [-0.25, -0.2) is 8.42 Å². The molecule has 1 aromatic carbocycles. The van der Waals surface area contributed by atoms with E-state index < -0.39 is 10.0 Å². The van der Waals surface area contributed by atoms with Crippen molar-refractivity contribution in [3.63, 3.8) is 0 Å². The lowest BCUT2D eigenvalue weighted by molar-refractivity contribution is 0.201. The topological polar surface area (TPSA) is 66.8 Å². The number of nitrogens with zero attached hydrogens (tertiary/aromatic N) is 1. The second-order valence-corrected chi connectivity index (χ2v) is 6.16. The zero-order valence-electron chi connectivity index (χ0n) is 10.8. The molecule has 0 saturated carbocycles. The lowest BCUT2D eigenvalue weighted by Gasteiger charge is -2.21. The minimum Gasteiger partial charge on any atom is -0.491 e. The van der Waals surface area contributed by atoms with Crippen molar-refractivity contribution in [1.82, 2.24) is 4.31 Å². The van der Waals surface area contributed by atoms with E-state index in [0.29, 0.717) is 5.75 Å². The molecule has 1 aromatic rings. The number of ether oxygens (including phenoxy) is 1. The molecule has 0 amide bonds. The summed E-state index contributed by atoms with van der Waals surface area (Å²) in [6, 6.07) is 6.07. The van der Waals surface area contributed by atoms with E-state index in [4.69, 9.17) is 9.84 Å². The van der Waals surface area contributed by atoms with Crippen molar-refractivity contribution in [2.24, 2.45) is 0 Å². The van der Waals surface area contributed by atoms with E-state index in [1.54, 1.807) is 19.2 Å². The average Bonchev–Trinajstić information content (AvgIpc) is 2.35. The highest BCUT2D eigenvalue weighted by Crippen LogP contribution is 2.19. The summed E-state index contributed by atoms with van der Waals surface area (Å²) in [5.74, 6) is 0.537. The highest BCUT2D eigenvalue weighted by molar-refractivity contribution is 7.89. The molecule has 5 nitrogen and oxygen atoms in total. The van der Waals surface area contributed by atoms with E-state index in [0.717, 1.165) is 0 Å². The zero-order chi connectivity index (χ0) is 13.8. The molecule has 1 N–H and O–H groups in total. The fourth-order valence-corrected chi connectivity index (χ4v) is 2.68. The first kappa shape index (κ1) is 14.9. The van der Waals surface area contributed by atoms with Crippen LogP contribution in [0.3, 0.4) is 0 Å². The molecular formula is C12H19NO4S. The molecule has 0 bridgehead atoms. The lowest BCUT2D eigenvalue weighted by Crippen LogP contribution is -2.32. The highest BCUT2D eigenvalue weighted by Gasteiger charge is 2.22. The van der Waals surface area contributed by atoms with Crippen LogP contribution < -0.4 is 4.74 Å². The van der Waals surface area contributed by atoms with Crippen molar-refractivity contribution >= 4 is 10.0 Å². The third-order valence-electron chi connectivity index (χ3n) is 2.59. The van der Waals surface area contributed by atoms with Gasteiger partial charge in [-0.1, -0.05) is 0 Å². The molecule has 0 saturated heterocycles. The molecule has 0 radical (unpaired) electrons. The second kappa shape index (κ2) is 6.17. The standard InChI is InChI=1S/C12H19NO4S/c1-10(2)13(3)18(15,16)12-6-4-11(5-7-12)17-9-8-14/h4-7,10,14H,8-9H2,1-3H3. The third kappa shape index (κ3) is 3.44. The summed E-state index contributed by atoms with van der Waals surface area (Å²) in [7, 11) is -1.90. The first-order valence-corrected chi connectivity index (χ1v) is 7.15. The van der Waals surface area contributed by atoms with Gasteiger partial charge < -0.3 is 9.84 Å². The van der Waals surface area contributed by atoms with Gasteiger partial charge in [0.1, 0.15) is 12.4 Å². The van der Waals surface area contributed by atoms with Crippen LogP contribution in [-0.4, -0.2) is 44.1 Å². The van der Waals surface area contributed by atoms with E-state index in [2.05, 4.69) is 0 Å². The Morgan fingerprint density at radius 3 is 2.28 bits per heavy atom. The van der Waals surface area contributed by atoms with Crippen LogP contribution in [0.15, 0.2) is 29.2 Å². The Kier molecular flexibility index (Phi) is 5.13.